The number of methoxy groups -OCH3 is 1. The minimum absolute atomic E-state index is 0.366. The number of aromatic nitrogens is 1. The molecule has 0 bridgehead atoms. The summed E-state index contributed by atoms with van der Waals surface area (Å²) in [5.41, 5.74) is 1.19. The van der Waals surface area contributed by atoms with Crippen LogP contribution in [-0.4, -0.2) is 17.8 Å². The molecule has 4 heteroatoms. The van der Waals surface area contributed by atoms with E-state index in [2.05, 4.69) is 4.74 Å². The molecule has 0 aliphatic rings. The van der Waals surface area contributed by atoms with E-state index in [0.717, 1.165) is 5.69 Å². The first kappa shape index (κ1) is 7.65. The molecule has 0 saturated heterocycles. The van der Waals surface area contributed by atoms with E-state index >= 15 is 0 Å². The molecule has 0 aliphatic heterocycles. The van der Waals surface area contributed by atoms with Gasteiger partial charge in [0.15, 0.2) is 0 Å². The van der Waals surface area contributed by atoms with Crippen LogP contribution in [0.2, 0.25) is 0 Å². The predicted octanol–water partition coefficient (Wildman–Crippen LogP) is 0.297. The molecule has 1 aromatic heterocycles. The fourth-order valence-corrected chi connectivity index (χ4v) is 0.821. The molecule has 60 valence electrons. The van der Waals surface area contributed by atoms with Crippen LogP contribution >= 0.6 is 0 Å². The Hall–Kier alpha value is -1.45. The maximum atomic E-state index is 10.9. The van der Waals surface area contributed by atoms with Gasteiger partial charge in [-0.3, -0.25) is 4.68 Å². The van der Waals surface area contributed by atoms with Crippen molar-refractivity contribution in [3.05, 3.63) is 23.5 Å². The van der Waals surface area contributed by atoms with Gasteiger partial charge in [0.25, 0.3) is 0 Å². The topological polar surface area (TPSA) is 57.2 Å². The Morgan fingerprint density at radius 1 is 1.64 bits per heavy atom. The molecule has 11 heavy (non-hydrogen) atoms. The number of rotatable bonds is 1. The van der Waals surface area contributed by atoms with Crippen LogP contribution in [0.3, 0.4) is 0 Å². The molecule has 1 rings (SSSR count). The molecule has 4 nitrogen and oxygen atoms in total. The van der Waals surface area contributed by atoms with Crippen LogP contribution in [0.5, 0.6) is 0 Å². The van der Waals surface area contributed by atoms with E-state index in [1.54, 1.807) is 12.1 Å². The van der Waals surface area contributed by atoms with E-state index in [9.17, 15) is 4.79 Å². The van der Waals surface area contributed by atoms with Crippen LogP contribution in [0.25, 0.3) is 0 Å². The molecule has 0 atom stereocenters. The number of carbonyl (C=O) groups excluding carboxylic acids is 1. The summed E-state index contributed by atoms with van der Waals surface area (Å²) in [6.07, 6.45) is 0. The zero-order chi connectivity index (χ0) is 8.43. The fraction of sp³-hybridized carbons (Fsp3) is 0.286. The molecule has 0 aromatic carbocycles. The fourth-order valence-electron chi connectivity index (χ4n) is 0.821. The Labute approximate surface area is 64.5 Å². The minimum atomic E-state index is -0.416. The number of hydrogen-bond acceptors (Lipinski definition) is 3. The molecule has 1 aromatic rings. The highest BCUT2D eigenvalue weighted by atomic mass is 16.5. The van der Waals surface area contributed by atoms with Crippen molar-refractivity contribution in [3.8, 4) is 0 Å². The van der Waals surface area contributed by atoms with Crippen LogP contribution in [0, 0.1) is 6.92 Å². The van der Waals surface area contributed by atoms with E-state index in [0.29, 0.717) is 5.69 Å². The van der Waals surface area contributed by atoms with E-state index in [1.165, 1.54) is 11.8 Å². The van der Waals surface area contributed by atoms with Gasteiger partial charge < -0.3 is 10.6 Å². The van der Waals surface area contributed by atoms with Gasteiger partial charge in [-0.05, 0) is 19.1 Å². The molecule has 2 N–H and O–H groups in total. The van der Waals surface area contributed by atoms with Crippen molar-refractivity contribution < 1.29 is 9.53 Å². The summed E-state index contributed by atoms with van der Waals surface area (Å²) < 4.78 is 5.79. The van der Waals surface area contributed by atoms with Crippen LogP contribution in [0.15, 0.2) is 12.1 Å². The highest BCUT2D eigenvalue weighted by molar-refractivity contribution is 5.87. The van der Waals surface area contributed by atoms with Gasteiger partial charge in [-0.15, -0.1) is 0 Å². The average Bonchev–Trinajstić information content (AvgIpc) is 2.32. The highest BCUT2D eigenvalue weighted by Crippen LogP contribution is 2.04. The van der Waals surface area contributed by atoms with E-state index in [-0.39, 0.29) is 0 Å². The molecule has 0 aliphatic carbocycles. The van der Waals surface area contributed by atoms with Crippen LogP contribution < -0.4 is 5.84 Å². The number of nitrogens with two attached hydrogens (primary N) is 1. The van der Waals surface area contributed by atoms with Gasteiger partial charge in [-0.25, -0.2) is 4.79 Å². The van der Waals surface area contributed by atoms with Crippen molar-refractivity contribution in [2.45, 2.75) is 6.92 Å². The predicted molar refractivity (Wildman–Crippen MR) is 40.7 cm³/mol. The van der Waals surface area contributed by atoms with Gasteiger partial charge in [0.1, 0.15) is 5.69 Å². The van der Waals surface area contributed by atoms with Gasteiger partial charge in [0.05, 0.1) is 7.11 Å². The van der Waals surface area contributed by atoms with Crippen LogP contribution in [-0.2, 0) is 4.74 Å². The molecule has 0 radical (unpaired) electrons. The van der Waals surface area contributed by atoms with Crippen molar-refractivity contribution in [2.75, 3.05) is 13.0 Å². The second-order valence-corrected chi connectivity index (χ2v) is 2.22. The zero-order valence-corrected chi connectivity index (χ0v) is 6.50. The number of esters is 1. The Kier molecular flexibility index (Phi) is 1.85. The number of hydrogen-bond donors (Lipinski definition) is 1. The second-order valence-electron chi connectivity index (χ2n) is 2.22. The summed E-state index contributed by atoms with van der Waals surface area (Å²) in [5, 5.41) is 0. The van der Waals surface area contributed by atoms with E-state index in [1.807, 2.05) is 6.92 Å². The van der Waals surface area contributed by atoms with Gasteiger partial charge in [0, 0.05) is 5.69 Å². The normalized spacial score (nSPS) is 9.64. The Balaban J connectivity index is 3.04. The van der Waals surface area contributed by atoms with Gasteiger partial charge in [-0.1, -0.05) is 0 Å². The Bertz CT molecular complexity index is 278. The molecule has 0 spiro atoms. The maximum Gasteiger partial charge on any atom is 0.356 e. The van der Waals surface area contributed by atoms with Gasteiger partial charge in [0.2, 0.25) is 0 Å². The quantitative estimate of drug-likeness (QED) is 0.467. The smallest absolute Gasteiger partial charge is 0.356 e. The van der Waals surface area contributed by atoms with Crippen molar-refractivity contribution in [3.63, 3.8) is 0 Å². The lowest BCUT2D eigenvalue weighted by Gasteiger charge is -2.01. The monoisotopic (exact) mass is 154 g/mol. The number of nitrogens with zero attached hydrogens (tertiary/aromatic N) is 1. The standard InChI is InChI=1S/C7H10N2O2/c1-5-3-4-6(9(5)8)7(10)11-2/h3-4H,8H2,1-2H3. The summed E-state index contributed by atoms with van der Waals surface area (Å²) in [5.74, 6) is 5.08. The molecule has 1 heterocycles. The van der Waals surface area contributed by atoms with Gasteiger partial charge in [-0.2, -0.15) is 0 Å². The first-order valence-electron chi connectivity index (χ1n) is 3.18. The minimum Gasteiger partial charge on any atom is -0.464 e. The van der Waals surface area contributed by atoms with Crippen molar-refractivity contribution in [1.82, 2.24) is 4.68 Å². The van der Waals surface area contributed by atoms with Crippen molar-refractivity contribution in [2.24, 2.45) is 0 Å². The largest absolute Gasteiger partial charge is 0.464 e. The van der Waals surface area contributed by atoms with Gasteiger partial charge >= 0.3 is 5.97 Å². The maximum absolute atomic E-state index is 10.9. The summed E-state index contributed by atoms with van der Waals surface area (Å²) in [7, 11) is 1.32. The number of ether oxygens (including phenoxy) is 1. The summed E-state index contributed by atoms with van der Waals surface area (Å²) in [6, 6.07) is 3.38. The summed E-state index contributed by atoms with van der Waals surface area (Å²) in [4.78, 5) is 10.9. The molecule has 0 fully saturated rings. The Morgan fingerprint density at radius 3 is 2.64 bits per heavy atom. The third kappa shape index (κ3) is 1.19. The van der Waals surface area contributed by atoms with Crippen molar-refractivity contribution >= 4 is 5.97 Å². The second kappa shape index (κ2) is 2.65. The van der Waals surface area contributed by atoms with Crippen LogP contribution in [0.4, 0.5) is 0 Å². The number of nitrogen functional groups attached to an aromatic ring is 1. The lowest BCUT2D eigenvalue weighted by atomic mass is 10.4. The molecule has 0 unspecified atom stereocenters. The average molecular weight is 154 g/mol. The third-order valence-electron chi connectivity index (χ3n) is 1.52. The summed E-state index contributed by atoms with van der Waals surface area (Å²) >= 11 is 0. The first-order valence-corrected chi connectivity index (χ1v) is 3.18. The molecular weight excluding hydrogens is 144 g/mol. The number of aryl methyl sites for hydroxylation is 1. The first-order chi connectivity index (χ1) is 5.16. The van der Waals surface area contributed by atoms with Crippen LogP contribution in [0.1, 0.15) is 16.2 Å². The third-order valence-corrected chi connectivity index (χ3v) is 1.52. The molecule has 0 amide bonds. The number of carbonyl (C=O) groups is 1. The molecule has 0 saturated carbocycles. The van der Waals surface area contributed by atoms with E-state index in [4.69, 9.17) is 5.84 Å². The van der Waals surface area contributed by atoms with E-state index < -0.39 is 5.97 Å². The Morgan fingerprint density at radius 2 is 2.27 bits per heavy atom. The highest BCUT2D eigenvalue weighted by Gasteiger charge is 2.10. The SMILES string of the molecule is COC(=O)c1ccc(C)n1N. The lowest BCUT2D eigenvalue weighted by molar-refractivity contribution is 0.0590. The zero-order valence-electron chi connectivity index (χ0n) is 6.50. The van der Waals surface area contributed by atoms with Crippen molar-refractivity contribution in [1.29, 1.82) is 0 Å². The summed E-state index contributed by atoms with van der Waals surface area (Å²) in [6.45, 7) is 1.81. The lowest BCUT2D eigenvalue weighted by Crippen LogP contribution is -2.18. The molecular formula is C7H10N2O2.